The van der Waals surface area contributed by atoms with Crippen molar-refractivity contribution in [2.45, 2.75) is 172 Å². The summed E-state index contributed by atoms with van der Waals surface area (Å²) in [6.45, 7) is 25.9. The summed E-state index contributed by atoms with van der Waals surface area (Å²) in [5.74, 6) is 2.52. The van der Waals surface area contributed by atoms with Crippen LogP contribution in [0.15, 0.2) is 24.4 Å². The molecule has 1 aromatic rings. The van der Waals surface area contributed by atoms with Gasteiger partial charge in [-0.3, -0.25) is 9.78 Å². The molecule has 1 amide bonds. The molecule has 0 spiro atoms. The molecule has 3 aliphatic rings. The Labute approximate surface area is 279 Å². The molecular formula is C41H74N2O2. The Hall–Kier alpha value is -1.42. The van der Waals surface area contributed by atoms with Crippen LogP contribution in [0.25, 0.3) is 0 Å². The summed E-state index contributed by atoms with van der Waals surface area (Å²) in [6.07, 6.45) is 17.3. The van der Waals surface area contributed by atoms with E-state index in [-0.39, 0.29) is 33.7 Å². The second-order valence-corrected chi connectivity index (χ2v) is 16.2. The monoisotopic (exact) mass is 627 g/mol. The highest BCUT2D eigenvalue weighted by Gasteiger charge is 2.63. The van der Waals surface area contributed by atoms with E-state index < -0.39 is 0 Å². The van der Waals surface area contributed by atoms with Gasteiger partial charge < -0.3 is 10.4 Å². The van der Waals surface area contributed by atoms with E-state index in [1.165, 1.54) is 38.5 Å². The maximum atomic E-state index is 14.1. The minimum Gasteiger partial charge on any atom is -0.393 e. The summed E-state index contributed by atoms with van der Waals surface area (Å²) in [6, 6.07) is 6.01. The summed E-state index contributed by atoms with van der Waals surface area (Å²) in [4.78, 5) is 18.5. The van der Waals surface area contributed by atoms with Crippen LogP contribution in [0.3, 0.4) is 0 Å². The molecule has 0 aliphatic heterocycles. The Kier molecular flexibility index (Phi) is 15.6. The molecule has 0 radical (unpaired) electrons. The molecule has 7 unspecified atom stereocenters. The Bertz CT molecular complexity index is 994. The van der Waals surface area contributed by atoms with Gasteiger partial charge in [-0.1, -0.05) is 108 Å². The van der Waals surface area contributed by atoms with Crippen molar-refractivity contribution in [3.05, 3.63) is 30.1 Å². The highest BCUT2D eigenvalue weighted by atomic mass is 16.3. The van der Waals surface area contributed by atoms with Crippen molar-refractivity contribution >= 4 is 5.91 Å². The highest BCUT2D eigenvalue weighted by molar-refractivity contribution is 5.83. The first kappa shape index (κ1) is 39.8. The summed E-state index contributed by atoms with van der Waals surface area (Å²) in [5.41, 5.74) is 1.16. The Morgan fingerprint density at radius 3 is 2.24 bits per heavy atom. The highest BCUT2D eigenvalue weighted by Crippen LogP contribution is 2.69. The molecule has 3 saturated carbocycles. The minimum absolute atomic E-state index is 0.0566. The molecule has 4 nitrogen and oxygen atoms in total. The normalized spacial score (nSPS) is 36.3. The van der Waals surface area contributed by atoms with Crippen LogP contribution in [0.5, 0.6) is 0 Å². The fraction of sp³-hybridized carbons (Fsp3) is 0.854. The quantitative estimate of drug-likeness (QED) is 0.330. The molecule has 8 atom stereocenters. The van der Waals surface area contributed by atoms with Gasteiger partial charge in [0.1, 0.15) is 0 Å². The van der Waals surface area contributed by atoms with Crippen LogP contribution in [0, 0.1) is 45.3 Å². The number of rotatable bonds is 6. The molecular weight excluding hydrogens is 552 g/mol. The third kappa shape index (κ3) is 8.94. The second-order valence-electron chi connectivity index (χ2n) is 16.2. The molecule has 1 heterocycles. The van der Waals surface area contributed by atoms with Gasteiger partial charge in [0.05, 0.1) is 11.5 Å². The molecule has 4 heteroatoms. The van der Waals surface area contributed by atoms with E-state index in [0.29, 0.717) is 30.2 Å². The van der Waals surface area contributed by atoms with Gasteiger partial charge in [-0.15, -0.1) is 0 Å². The van der Waals surface area contributed by atoms with Crippen molar-refractivity contribution < 1.29 is 9.90 Å². The lowest BCUT2D eigenvalue weighted by molar-refractivity contribution is -0.182. The number of carbonyl (C=O) groups is 1. The first-order valence-corrected chi connectivity index (χ1v) is 19.2. The first-order chi connectivity index (χ1) is 21.3. The molecule has 45 heavy (non-hydrogen) atoms. The third-order valence-corrected chi connectivity index (χ3v) is 13.0. The maximum Gasteiger partial charge on any atom is 0.226 e. The van der Waals surface area contributed by atoms with Gasteiger partial charge in [-0.2, -0.15) is 0 Å². The van der Waals surface area contributed by atoms with Crippen LogP contribution in [0.2, 0.25) is 0 Å². The van der Waals surface area contributed by atoms with E-state index in [4.69, 9.17) is 0 Å². The van der Waals surface area contributed by atoms with Crippen molar-refractivity contribution in [2.75, 3.05) is 6.54 Å². The molecule has 0 aromatic carbocycles. The molecule has 260 valence electrons. The van der Waals surface area contributed by atoms with E-state index in [1.54, 1.807) is 0 Å². The van der Waals surface area contributed by atoms with Crippen LogP contribution in [-0.2, 0) is 11.2 Å². The number of nitrogens with zero attached hydrogens (tertiary/aromatic N) is 1. The summed E-state index contributed by atoms with van der Waals surface area (Å²) >= 11 is 0. The van der Waals surface area contributed by atoms with Crippen molar-refractivity contribution in [3.63, 3.8) is 0 Å². The van der Waals surface area contributed by atoms with Crippen LogP contribution >= 0.6 is 0 Å². The smallest absolute Gasteiger partial charge is 0.226 e. The van der Waals surface area contributed by atoms with Gasteiger partial charge in [0.2, 0.25) is 5.91 Å². The standard InChI is InChI=1S/C36H60N2O2.C3H8.C2H6/c1-8-19-36(32(40)38-24-18-29-13-9-10-23-37-29)22-21-35(7)30(27(36)3)16-15-28-25-33(4,5)31(39)17-14-26(2)12-11-20-34(28,35)6;1-3-2;1-2/h9-10,13,23,26-28,30-31,39H,8,11-12,14-22,24-25H2,1-7H3,(H,38,40);3H2,1-2H3;1-2H3/t26?,27?,28?,30?,31?,34?,35-,36?;;/m1../s1. The number of fused-ring (bicyclic) bond motifs is 3. The summed E-state index contributed by atoms with van der Waals surface area (Å²) < 4.78 is 0. The topological polar surface area (TPSA) is 62.2 Å². The van der Waals surface area contributed by atoms with E-state index in [1.807, 2.05) is 38.2 Å². The van der Waals surface area contributed by atoms with Crippen molar-refractivity contribution in [2.24, 2.45) is 45.3 Å². The molecule has 1 aromatic heterocycles. The van der Waals surface area contributed by atoms with E-state index in [9.17, 15) is 9.90 Å². The molecule has 0 bridgehead atoms. The number of nitrogens with one attached hydrogen (secondary N) is 1. The second kappa shape index (κ2) is 17.7. The first-order valence-electron chi connectivity index (χ1n) is 19.2. The van der Waals surface area contributed by atoms with Crippen LogP contribution < -0.4 is 5.32 Å². The van der Waals surface area contributed by atoms with E-state index in [0.717, 1.165) is 57.1 Å². The number of aliphatic hydroxyl groups excluding tert-OH is 1. The summed E-state index contributed by atoms with van der Waals surface area (Å²) in [7, 11) is 0. The van der Waals surface area contributed by atoms with Crippen molar-refractivity contribution in [1.29, 1.82) is 0 Å². The number of aliphatic hydroxyl groups is 1. The fourth-order valence-electron chi connectivity index (χ4n) is 9.92. The Morgan fingerprint density at radius 1 is 0.933 bits per heavy atom. The predicted molar refractivity (Wildman–Crippen MR) is 193 cm³/mol. The molecule has 3 fully saturated rings. The number of aromatic nitrogens is 1. The minimum atomic E-state index is -0.274. The molecule has 2 N–H and O–H groups in total. The number of carbonyl (C=O) groups excluding carboxylic acids is 1. The zero-order valence-corrected chi connectivity index (χ0v) is 31.6. The van der Waals surface area contributed by atoms with Crippen molar-refractivity contribution in [1.82, 2.24) is 10.3 Å². The molecule has 4 rings (SSSR count). The summed E-state index contributed by atoms with van der Waals surface area (Å²) in [5, 5.41) is 14.7. The van der Waals surface area contributed by atoms with Gasteiger partial charge >= 0.3 is 0 Å². The maximum absolute atomic E-state index is 14.1. The number of hydrogen-bond acceptors (Lipinski definition) is 3. The number of pyridine rings is 1. The van der Waals surface area contributed by atoms with Crippen LogP contribution in [-0.4, -0.2) is 28.6 Å². The van der Waals surface area contributed by atoms with Gasteiger partial charge in [0.15, 0.2) is 0 Å². The van der Waals surface area contributed by atoms with Gasteiger partial charge in [-0.25, -0.2) is 0 Å². The van der Waals surface area contributed by atoms with Gasteiger partial charge in [0.25, 0.3) is 0 Å². The molecule has 0 saturated heterocycles. The lowest BCUT2D eigenvalue weighted by Gasteiger charge is -2.66. The molecule has 3 aliphatic carbocycles. The van der Waals surface area contributed by atoms with Gasteiger partial charge in [-0.05, 0) is 110 Å². The SMILES string of the molecule is CC.CCC.CCCC1(C(=O)NCCc2ccccn2)CC[C@]2(C)C(CCC3CC(C)(C)C(O)CCC(C)CCCC32C)C1C. The van der Waals surface area contributed by atoms with Crippen LogP contribution in [0.1, 0.15) is 165 Å². The zero-order chi connectivity index (χ0) is 33.9. The largest absolute Gasteiger partial charge is 0.393 e. The lowest BCUT2D eigenvalue weighted by Crippen LogP contribution is -2.61. The fourth-order valence-corrected chi connectivity index (χ4v) is 9.92. The predicted octanol–water partition coefficient (Wildman–Crippen LogP) is 10.8. The number of hydrogen-bond donors (Lipinski definition) is 2. The average Bonchev–Trinajstić information content (AvgIpc) is 3.02. The Balaban J connectivity index is 0.00000133. The average molecular weight is 627 g/mol. The van der Waals surface area contributed by atoms with Crippen molar-refractivity contribution in [3.8, 4) is 0 Å². The Morgan fingerprint density at radius 2 is 1.62 bits per heavy atom. The zero-order valence-electron chi connectivity index (χ0n) is 31.6. The number of amides is 1. The van der Waals surface area contributed by atoms with Gasteiger partial charge in [0, 0.05) is 24.9 Å². The van der Waals surface area contributed by atoms with Crippen LogP contribution in [0.4, 0.5) is 0 Å². The van der Waals surface area contributed by atoms with E-state index in [2.05, 4.69) is 72.6 Å². The lowest BCUT2D eigenvalue weighted by atomic mass is 9.38. The van der Waals surface area contributed by atoms with E-state index >= 15 is 0 Å². The third-order valence-electron chi connectivity index (χ3n) is 13.0.